The number of benzene rings is 1. The zero-order valence-electron chi connectivity index (χ0n) is 7.73. The molecule has 5 nitrogen and oxygen atoms in total. The summed E-state index contributed by atoms with van der Waals surface area (Å²) in [5, 5.41) is 10.6. The molecule has 0 unspecified atom stereocenters. The molecule has 0 heterocycles. The van der Waals surface area contributed by atoms with E-state index >= 15 is 0 Å². The molecule has 0 amide bonds. The summed E-state index contributed by atoms with van der Waals surface area (Å²) in [5.41, 5.74) is -1.46. The minimum Gasteiger partial charge on any atom is -0.258 e. The fourth-order valence-corrected chi connectivity index (χ4v) is 2.57. The highest BCUT2D eigenvalue weighted by molar-refractivity contribution is 14.1. The van der Waals surface area contributed by atoms with Crippen LogP contribution in [0.5, 0.6) is 0 Å². The third-order valence-corrected chi connectivity index (χ3v) is 4.28. The van der Waals surface area contributed by atoms with E-state index in [1.54, 1.807) is 0 Å². The Kier molecular flexibility index (Phi) is 4.25. The number of nitrogens with zero attached hydrogens (tertiary/aromatic N) is 1. The number of rotatable bonds is 3. The molecule has 1 aromatic carbocycles. The molecule has 0 aromatic heterocycles. The number of nitro groups is 1. The molecule has 1 aromatic rings. The first-order valence-corrected chi connectivity index (χ1v) is 7.24. The van der Waals surface area contributed by atoms with Crippen molar-refractivity contribution in [1.82, 2.24) is 0 Å². The molecule has 0 bridgehead atoms. The van der Waals surface area contributed by atoms with Crippen molar-refractivity contribution in [1.29, 1.82) is 0 Å². The van der Waals surface area contributed by atoms with E-state index < -0.39 is 36.5 Å². The van der Waals surface area contributed by atoms with Gasteiger partial charge in [0.1, 0.15) is 0 Å². The Labute approximate surface area is 112 Å². The summed E-state index contributed by atoms with van der Waals surface area (Å²) in [5.74, 6) is 0. The fraction of sp³-hybridized carbons (Fsp3) is 0.143. The maximum absolute atomic E-state index is 12.6. The summed E-state index contributed by atoms with van der Waals surface area (Å²) in [4.78, 5) is 8.93. The van der Waals surface area contributed by atoms with Gasteiger partial charge in [-0.3, -0.25) is 10.1 Å². The monoisotopic (exact) mass is 397 g/mol. The lowest BCUT2D eigenvalue weighted by atomic mass is 10.2. The zero-order chi connectivity index (χ0) is 13.4. The minimum absolute atomic E-state index is 0.313. The fourth-order valence-electron chi connectivity index (χ4n) is 1.04. The molecule has 0 N–H and O–H groups in total. The summed E-state index contributed by atoms with van der Waals surface area (Å²) >= 11 is 1.36. The first-order chi connectivity index (χ1) is 7.64. The topological polar surface area (TPSA) is 77.3 Å². The van der Waals surface area contributed by atoms with Gasteiger partial charge in [-0.1, -0.05) is 0 Å². The van der Waals surface area contributed by atoms with Gasteiger partial charge in [0.2, 0.25) is 0 Å². The van der Waals surface area contributed by atoms with Gasteiger partial charge in [0.15, 0.2) is 0 Å². The van der Waals surface area contributed by atoms with E-state index in [1.165, 1.54) is 22.6 Å². The van der Waals surface area contributed by atoms with E-state index in [0.717, 1.165) is 0 Å². The number of halogens is 4. The van der Waals surface area contributed by atoms with Gasteiger partial charge < -0.3 is 0 Å². The molecule has 1 rings (SSSR count). The third-order valence-electron chi connectivity index (χ3n) is 1.77. The van der Waals surface area contributed by atoms with Crippen LogP contribution in [-0.2, 0) is 9.05 Å². The van der Waals surface area contributed by atoms with Crippen molar-refractivity contribution in [3.05, 3.63) is 31.4 Å². The maximum atomic E-state index is 12.6. The van der Waals surface area contributed by atoms with Gasteiger partial charge in [-0.15, -0.1) is 0 Å². The average molecular weight is 398 g/mol. The van der Waals surface area contributed by atoms with Crippen LogP contribution in [0.4, 0.5) is 14.5 Å². The largest absolute Gasteiger partial charge is 0.284 e. The first kappa shape index (κ1) is 14.5. The minimum atomic E-state index is -4.30. The Morgan fingerprint density at radius 1 is 1.41 bits per heavy atom. The van der Waals surface area contributed by atoms with Crippen molar-refractivity contribution >= 4 is 48.0 Å². The van der Waals surface area contributed by atoms with Crippen LogP contribution >= 0.6 is 33.3 Å². The number of hydrogen-bond donors (Lipinski definition) is 0. The van der Waals surface area contributed by atoms with Gasteiger partial charge in [0.05, 0.1) is 13.4 Å². The molecule has 0 saturated carbocycles. The van der Waals surface area contributed by atoms with Crippen molar-refractivity contribution in [2.24, 2.45) is 0 Å². The highest BCUT2D eigenvalue weighted by Gasteiger charge is 2.26. The second-order valence-corrected chi connectivity index (χ2v) is 6.49. The van der Waals surface area contributed by atoms with E-state index in [4.69, 9.17) is 10.7 Å². The van der Waals surface area contributed by atoms with Crippen molar-refractivity contribution in [2.45, 2.75) is 11.3 Å². The molecule has 0 aliphatic carbocycles. The molecule has 10 heteroatoms. The van der Waals surface area contributed by atoms with Crippen molar-refractivity contribution < 1.29 is 22.1 Å². The Morgan fingerprint density at radius 2 is 1.94 bits per heavy atom. The van der Waals surface area contributed by atoms with Crippen LogP contribution in [0.2, 0.25) is 0 Å². The van der Waals surface area contributed by atoms with Gasteiger partial charge in [-0.05, 0) is 28.7 Å². The van der Waals surface area contributed by atoms with E-state index in [9.17, 15) is 27.3 Å². The Hall–Kier alpha value is -0.550. The predicted octanol–water partition coefficient (Wildman–Crippen LogP) is 3.06. The van der Waals surface area contributed by atoms with Gasteiger partial charge in [-0.2, -0.15) is 0 Å². The van der Waals surface area contributed by atoms with E-state index in [2.05, 4.69) is 0 Å². The van der Waals surface area contributed by atoms with Crippen LogP contribution in [0.15, 0.2) is 17.0 Å². The Balaban J connectivity index is 3.65. The number of alkyl halides is 2. The second kappa shape index (κ2) is 4.98. The summed E-state index contributed by atoms with van der Waals surface area (Å²) in [7, 11) is 0.666. The SMILES string of the molecule is O=[N+]([O-])c1cc(S(=O)(=O)Cl)cc(C(F)F)c1I. The van der Waals surface area contributed by atoms with Gasteiger partial charge >= 0.3 is 0 Å². The Morgan fingerprint density at radius 3 is 2.29 bits per heavy atom. The summed E-state index contributed by atoms with van der Waals surface area (Å²) in [6, 6.07) is 1.28. The molecular weight excluding hydrogens is 394 g/mol. The molecule has 94 valence electrons. The van der Waals surface area contributed by atoms with Crippen LogP contribution in [0.1, 0.15) is 12.0 Å². The lowest BCUT2D eigenvalue weighted by molar-refractivity contribution is -0.386. The summed E-state index contributed by atoms with van der Waals surface area (Å²) in [6.07, 6.45) is -3.03. The van der Waals surface area contributed by atoms with Crippen molar-refractivity contribution in [3.8, 4) is 0 Å². The lowest BCUT2D eigenvalue weighted by Crippen LogP contribution is -2.01. The quantitative estimate of drug-likeness (QED) is 0.340. The molecule has 0 atom stereocenters. The molecule has 0 fully saturated rings. The van der Waals surface area contributed by atoms with Crippen LogP contribution < -0.4 is 0 Å². The van der Waals surface area contributed by atoms with Crippen molar-refractivity contribution in [2.75, 3.05) is 0 Å². The highest BCUT2D eigenvalue weighted by atomic mass is 127. The van der Waals surface area contributed by atoms with Crippen LogP contribution in [0.25, 0.3) is 0 Å². The second-order valence-electron chi connectivity index (χ2n) is 2.84. The van der Waals surface area contributed by atoms with Gasteiger partial charge in [0, 0.05) is 22.3 Å². The first-order valence-electron chi connectivity index (χ1n) is 3.85. The van der Waals surface area contributed by atoms with Crippen LogP contribution in [0.3, 0.4) is 0 Å². The zero-order valence-corrected chi connectivity index (χ0v) is 11.5. The summed E-state index contributed by atoms with van der Waals surface area (Å²) < 4.78 is 46.8. The van der Waals surface area contributed by atoms with E-state index in [1.807, 2.05) is 0 Å². The standard InChI is InChI=1S/C7H3ClF2INO4S/c8-17(15,16)3-1-4(7(9)10)6(11)5(2-3)12(13)14/h1-2,7H. The summed E-state index contributed by atoms with van der Waals surface area (Å²) in [6.45, 7) is 0. The molecule has 0 aliphatic rings. The number of nitro benzene ring substituents is 1. The van der Waals surface area contributed by atoms with Gasteiger partial charge in [-0.25, -0.2) is 17.2 Å². The third kappa shape index (κ3) is 3.22. The lowest BCUT2D eigenvalue weighted by Gasteiger charge is -2.06. The van der Waals surface area contributed by atoms with Crippen LogP contribution in [-0.4, -0.2) is 13.3 Å². The van der Waals surface area contributed by atoms with Crippen molar-refractivity contribution in [3.63, 3.8) is 0 Å². The maximum Gasteiger partial charge on any atom is 0.284 e. The normalized spacial score (nSPS) is 11.8. The highest BCUT2D eigenvalue weighted by Crippen LogP contribution is 2.34. The van der Waals surface area contributed by atoms with Gasteiger partial charge in [0.25, 0.3) is 21.2 Å². The molecule has 0 aliphatic heterocycles. The molecule has 0 spiro atoms. The van der Waals surface area contributed by atoms with E-state index in [0.29, 0.717) is 12.1 Å². The van der Waals surface area contributed by atoms with Crippen LogP contribution in [0, 0.1) is 13.7 Å². The molecular formula is C7H3ClF2INO4S. The predicted molar refractivity (Wildman–Crippen MR) is 63.8 cm³/mol. The Bertz CT molecular complexity index is 577. The number of hydrogen-bond acceptors (Lipinski definition) is 4. The molecule has 17 heavy (non-hydrogen) atoms. The molecule has 0 radical (unpaired) electrons. The smallest absolute Gasteiger partial charge is 0.258 e. The average Bonchev–Trinajstić information content (AvgIpc) is 2.14. The molecule has 0 saturated heterocycles. The van der Waals surface area contributed by atoms with E-state index in [-0.39, 0.29) is 3.57 Å².